The lowest BCUT2D eigenvalue weighted by atomic mass is 10.2. The first-order valence-corrected chi connectivity index (χ1v) is 6.23. The maximum Gasteiger partial charge on any atom is 0.349 e. The molecule has 0 saturated carbocycles. The van der Waals surface area contributed by atoms with Crippen LogP contribution in [0.15, 0.2) is 0 Å². The number of carboxylic acid groups (broad SMARTS) is 1. The lowest BCUT2D eigenvalue weighted by Crippen LogP contribution is -2.52. The van der Waals surface area contributed by atoms with E-state index in [1.165, 1.54) is 0 Å². The van der Waals surface area contributed by atoms with Crippen LogP contribution in [0.5, 0.6) is 0 Å². The third-order valence-electron chi connectivity index (χ3n) is 2.47. The molecule has 0 aliphatic carbocycles. The summed E-state index contributed by atoms with van der Waals surface area (Å²) in [5, 5.41) is 9.18. The van der Waals surface area contributed by atoms with E-state index in [1.54, 1.807) is 4.90 Å². The number of rotatable bonds is 3. The van der Waals surface area contributed by atoms with Crippen LogP contribution in [0.3, 0.4) is 0 Å². The van der Waals surface area contributed by atoms with Crippen molar-refractivity contribution in [3.63, 3.8) is 0 Å². The maximum absolute atomic E-state index is 11.3. The number of nitrogens with zero attached hydrogens (tertiary/aromatic N) is 2. The van der Waals surface area contributed by atoms with Gasteiger partial charge in [0.25, 0.3) is 0 Å². The fourth-order valence-corrected chi connectivity index (χ4v) is 2.81. The van der Waals surface area contributed by atoms with E-state index in [9.17, 15) is 9.59 Å². The van der Waals surface area contributed by atoms with E-state index in [-0.39, 0.29) is 16.6 Å². The van der Waals surface area contributed by atoms with Crippen LogP contribution in [0, 0.1) is 0 Å². The van der Waals surface area contributed by atoms with Crippen molar-refractivity contribution in [3.8, 4) is 0 Å². The maximum atomic E-state index is 11.3. The summed E-state index contributed by atoms with van der Waals surface area (Å²) in [5.41, 5.74) is 5.27. The Labute approximate surface area is 111 Å². The molecule has 0 aromatic carbocycles. The number of ether oxygens (including phenoxy) is 1. The van der Waals surface area contributed by atoms with Crippen molar-refractivity contribution in [2.24, 2.45) is 5.73 Å². The molecule has 1 amide bonds. The minimum Gasteiger partial charge on any atom is -0.477 e. The lowest BCUT2D eigenvalue weighted by molar-refractivity contribution is -0.121. The van der Waals surface area contributed by atoms with Gasteiger partial charge in [-0.3, -0.25) is 4.79 Å². The molecule has 18 heavy (non-hydrogen) atoms. The molecule has 3 N–H and O–H groups in total. The molecule has 2 rings (SSSR count). The minimum atomic E-state index is -1.15. The second-order valence-corrected chi connectivity index (χ2v) is 4.94. The molecule has 9 heteroatoms. The van der Waals surface area contributed by atoms with Crippen molar-refractivity contribution >= 4 is 39.9 Å². The normalized spacial score (nSPS) is 19.8. The minimum absolute atomic E-state index is 0.0543. The van der Waals surface area contributed by atoms with E-state index in [0.29, 0.717) is 18.3 Å². The van der Waals surface area contributed by atoms with Crippen LogP contribution in [0.4, 0.5) is 5.13 Å². The molecule has 1 aromatic heterocycles. The van der Waals surface area contributed by atoms with E-state index in [0.717, 1.165) is 11.3 Å². The molecule has 2 heterocycles. The highest BCUT2D eigenvalue weighted by Crippen LogP contribution is 2.31. The van der Waals surface area contributed by atoms with Crippen LogP contribution in [-0.4, -0.2) is 47.8 Å². The Morgan fingerprint density at radius 3 is 2.89 bits per heavy atom. The smallest absolute Gasteiger partial charge is 0.349 e. The van der Waals surface area contributed by atoms with E-state index < -0.39 is 17.9 Å². The van der Waals surface area contributed by atoms with Crippen LogP contribution in [0.1, 0.15) is 9.67 Å². The molecule has 7 nitrogen and oxygen atoms in total. The molecule has 0 spiro atoms. The van der Waals surface area contributed by atoms with Gasteiger partial charge < -0.3 is 20.5 Å². The third kappa shape index (κ3) is 2.40. The van der Waals surface area contributed by atoms with E-state index >= 15 is 0 Å². The number of amides is 1. The monoisotopic (exact) mass is 291 g/mol. The largest absolute Gasteiger partial charge is 0.477 e. The number of hydrogen-bond donors (Lipinski definition) is 2. The van der Waals surface area contributed by atoms with Crippen LogP contribution >= 0.6 is 22.9 Å². The fourth-order valence-electron chi connectivity index (χ4n) is 1.61. The second-order valence-electron chi connectivity index (χ2n) is 3.61. The first kappa shape index (κ1) is 13.1. The average molecular weight is 292 g/mol. The summed E-state index contributed by atoms with van der Waals surface area (Å²) < 4.78 is 5.16. The van der Waals surface area contributed by atoms with E-state index in [2.05, 4.69) is 4.98 Å². The van der Waals surface area contributed by atoms with Crippen molar-refractivity contribution in [2.45, 2.75) is 6.04 Å². The number of halogens is 1. The van der Waals surface area contributed by atoms with Crippen molar-refractivity contribution in [1.29, 1.82) is 0 Å². The number of aromatic nitrogens is 1. The molecule has 1 fully saturated rings. The topological polar surface area (TPSA) is 106 Å². The van der Waals surface area contributed by atoms with Gasteiger partial charge in [0.1, 0.15) is 6.04 Å². The number of aromatic carboxylic acids is 1. The van der Waals surface area contributed by atoms with E-state index in [1.807, 2.05) is 0 Å². The first-order valence-electron chi connectivity index (χ1n) is 5.04. The Morgan fingerprint density at radius 1 is 1.61 bits per heavy atom. The molecular weight excluding hydrogens is 282 g/mol. The Kier molecular flexibility index (Phi) is 3.69. The van der Waals surface area contributed by atoms with Gasteiger partial charge in [0.05, 0.1) is 13.2 Å². The van der Waals surface area contributed by atoms with E-state index in [4.69, 9.17) is 27.2 Å². The summed E-state index contributed by atoms with van der Waals surface area (Å²) in [6.07, 6.45) is 0. The molecule has 1 aliphatic rings. The van der Waals surface area contributed by atoms with Crippen LogP contribution in [0.2, 0.25) is 5.15 Å². The lowest BCUT2D eigenvalue weighted by Gasteiger charge is -2.33. The Bertz CT molecular complexity index is 492. The van der Waals surface area contributed by atoms with Gasteiger partial charge in [-0.15, -0.1) is 0 Å². The van der Waals surface area contributed by atoms with Gasteiger partial charge in [-0.05, 0) is 0 Å². The fraction of sp³-hybridized carbons (Fsp3) is 0.444. The van der Waals surface area contributed by atoms with Gasteiger partial charge in [0, 0.05) is 6.54 Å². The highest BCUT2D eigenvalue weighted by atomic mass is 35.5. The number of anilines is 1. The molecular formula is C9H10ClN3O4S. The summed E-state index contributed by atoms with van der Waals surface area (Å²) in [6, 6.07) is -0.650. The first-order chi connectivity index (χ1) is 8.50. The summed E-state index contributed by atoms with van der Waals surface area (Å²) in [7, 11) is 0. The zero-order chi connectivity index (χ0) is 13.3. The van der Waals surface area contributed by atoms with Crippen molar-refractivity contribution < 1.29 is 19.4 Å². The van der Waals surface area contributed by atoms with Gasteiger partial charge >= 0.3 is 5.97 Å². The quantitative estimate of drug-likeness (QED) is 0.823. The molecule has 1 saturated heterocycles. The van der Waals surface area contributed by atoms with Gasteiger partial charge in [0.2, 0.25) is 5.91 Å². The van der Waals surface area contributed by atoms with Crippen LogP contribution in [0.25, 0.3) is 0 Å². The molecule has 1 aromatic rings. The Balaban J connectivity index is 2.31. The van der Waals surface area contributed by atoms with Gasteiger partial charge in [-0.25, -0.2) is 9.78 Å². The Hall–Kier alpha value is -1.38. The Morgan fingerprint density at radius 2 is 2.33 bits per heavy atom. The van der Waals surface area contributed by atoms with Crippen molar-refractivity contribution in [3.05, 3.63) is 10.0 Å². The zero-order valence-electron chi connectivity index (χ0n) is 9.13. The molecule has 0 radical (unpaired) electrons. The predicted molar refractivity (Wildman–Crippen MR) is 65.2 cm³/mol. The number of carbonyl (C=O) groups excluding carboxylic acids is 1. The number of morpholine rings is 1. The number of thiazole rings is 1. The van der Waals surface area contributed by atoms with Gasteiger partial charge in [-0.2, -0.15) is 0 Å². The SMILES string of the molecule is NC(=O)C1COCCN1c1nc(Cl)c(C(=O)O)s1. The molecule has 1 aliphatic heterocycles. The van der Waals surface area contributed by atoms with Gasteiger partial charge in [-0.1, -0.05) is 22.9 Å². The van der Waals surface area contributed by atoms with Crippen LogP contribution < -0.4 is 10.6 Å². The summed E-state index contributed by atoms with van der Waals surface area (Å²) >= 11 is 6.65. The third-order valence-corrected chi connectivity index (χ3v) is 3.94. The number of primary amides is 1. The van der Waals surface area contributed by atoms with Crippen LogP contribution in [-0.2, 0) is 9.53 Å². The summed E-state index contributed by atoms with van der Waals surface area (Å²) in [5.74, 6) is -1.69. The summed E-state index contributed by atoms with van der Waals surface area (Å²) in [6.45, 7) is 0.995. The zero-order valence-corrected chi connectivity index (χ0v) is 10.7. The highest BCUT2D eigenvalue weighted by molar-refractivity contribution is 7.18. The number of hydrogen-bond acceptors (Lipinski definition) is 6. The average Bonchev–Trinajstić information content (AvgIpc) is 2.71. The molecule has 0 bridgehead atoms. The summed E-state index contributed by atoms with van der Waals surface area (Å²) in [4.78, 5) is 27.7. The number of carbonyl (C=O) groups is 2. The predicted octanol–water partition coefficient (Wildman–Crippen LogP) is 0.185. The second kappa shape index (κ2) is 5.09. The highest BCUT2D eigenvalue weighted by Gasteiger charge is 2.31. The molecule has 98 valence electrons. The van der Waals surface area contributed by atoms with Crippen molar-refractivity contribution in [2.75, 3.05) is 24.7 Å². The number of nitrogens with two attached hydrogens (primary N) is 1. The van der Waals surface area contributed by atoms with Gasteiger partial charge in [0.15, 0.2) is 15.2 Å². The standard InChI is InChI=1S/C9H10ClN3O4S/c10-6-5(8(15)16)18-9(12-6)13-1-2-17-3-4(13)7(11)14/h4H,1-3H2,(H2,11,14)(H,15,16). The molecule has 1 unspecified atom stereocenters. The van der Waals surface area contributed by atoms with Crippen molar-refractivity contribution in [1.82, 2.24) is 4.98 Å². The molecule has 1 atom stereocenters. The number of carboxylic acids is 1.